The van der Waals surface area contributed by atoms with Gasteiger partial charge in [0.25, 0.3) is 5.82 Å². The Morgan fingerprint density at radius 2 is 2.06 bits per heavy atom. The van der Waals surface area contributed by atoms with Gasteiger partial charge >= 0.3 is 5.88 Å². The van der Waals surface area contributed by atoms with Gasteiger partial charge in [0.1, 0.15) is 0 Å². The molecule has 6 heteroatoms. The molecule has 1 heterocycles. The summed E-state index contributed by atoms with van der Waals surface area (Å²) in [6.07, 6.45) is 0.867. The Morgan fingerprint density at radius 1 is 1.28 bits per heavy atom. The molecule has 0 radical (unpaired) electrons. The van der Waals surface area contributed by atoms with Gasteiger partial charge < -0.3 is 14.6 Å². The first-order valence-corrected chi connectivity index (χ1v) is 6.86. The lowest BCUT2D eigenvalue weighted by Crippen LogP contribution is -2.06. The van der Waals surface area contributed by atoms with Gasteiger partial charge in [0, 0.05) is 15.3 Å². The average Bonchev–Trinajstić information content (AvgIpc) is 2.72. The molecule has 1 atom stereocenters. The second-order valence-electron chi connectivity index (χ2n) is 3.66. The molecule has 0 saturated heterocycles. The minimum absolute atomic E-state index is 0.337. The Balaban J connectivity index is 1.90. The molecule has 1 aromatic heterocycles. The van der Waals surface area contributed by atoms with Crippen LogP contribution in [0.1, 0.15) is 12.5 Å². The van der Waals surface area contributed by atoms with Crippen LogP contribution in [0.4, 0.5) is 5.82 Å². The lowest BCUT2D eigenvalue weighted by atomic mass is 10.1. The summed E-state index contributed by atoms with van der Waals surface area (Å²) in [6, 6.07) is 10.1. The van der Waals surface area contributed by atoms with Gasteiger partial charge in [-0.25, -0.2) is 0 Å². The highest BCUT2D eigenvalue weighted by Gasteiger charge is 2.15. The Morgan fingerprint density at radius 3 is 2.78 bits per heavy atom. The molecule has 5 nitrogen and oxygen atoms in total. The maximum Gasteiger partial charge on any atom is 0.318 e. The van der Waals surface area contributed by atoms with Crippen molar-refractivity contribution in [2.45, 2.75) is 13.3 Å². The normalized spacial score (nSPS) is 11.3. The summed E-state index contributed by atoms with van der Waals surface area (Å²) in [4.78, 5) is 0. The summed E-state index contributed by atoms with van der Waals surface area (Å²) in [5.74, 6) is 0.815. The molecular weight excluding hydrogens is 250 g/mol. The summed E-state index contributed by atoms with van der Waals surface area (Å²) in [5.41, 5.74) is 1.24. The molecule has 96 valence electrons. The Labute approximate surface area is 109 Å². The van der Waals surface area contributed by atoms with E-state index in [-0.39, 0.29) is 0 Å². The van der Waals surface area contributed by atoms with Crippen molar-refractivity contribution in [2.24, 2.45) is 0 Å². The summed E-state index contributed by atoms with van der Waals surface area (Å²) in [6.45, 7) is 3.03. The van der Waals surface area contributed by atoms with Crippen LogP contribution in [-0.4, -0.2) is 26.5 Å². The highest BCUT2D eigenvalue weighted by Crippen LogP contribution is 2.24. The van der Waals surface area contributed by atoms with E-state index in [9.17, 15) is 4.55 Å². The molecule has 18 heavy (non-hydrogen) atoms. The molecule has 0 aliphatic carbocycles. The molecule has 2 rings (SSSR count). The van der Waals surface area contributed by atoms with E-state index in [1.54, 1.807) is 0 Å². The number of ether oxygens (including phenoxy) is 1. The molecule has 1 N–H and O–H groups in total. The number of nitrogens with zero attached hydrogens (tertiary/aromatic N) is 2. The van der Waals surface area contributed by atoms with Crippen LogP contribution in [0.2, 0.25) is 0 Å². The van der Waals surface area contributed by atoms with Gasteiger partial charge in [0.05, 0.1) is 6.61 Å². The molecule has 1 unspecified atom stereocenters. The summed E-state index contributed by atoms with van der Waals surface area (Å²) >= 11 is -1.54. The Hall–Kier alpha value is -1.66. The van der Waals surface area contributed by atoms with E-state index in [4.69, 9.17) is 4.74 Å². The van der Waals surface area contributed by atoms with Gasteiger partial charge in [-0.2, -0.15) is 0 Å². The Bertz CT molecular complexity index is 487. The van der Waals surface area contributed by atoms with Crippen LogP contribution in [0.3, 0.4) is 0 Å². The third-order valence-electron chi connectivity index (χ3n) is 2.36. The minimum Gasteiger partial charge on any atom is -0.546 e. The van der Waals surface area contributed by atoms with Crippen molar-refractivity contribution in [3.63, 3.8) is 0 Å². The van der Waals surface area contributed by atoms with Crippen LogP contribution in [-0.2, 0) is 6.42 Å². The number of rotatable bonds is 6. The molecule has 0 saturated carbocycles. The smallest absolute Gasteiger partial charge is 0.318 e. The van der Waals surface area contributed by atoms with E-state index < -0.39 is 11.1 Å². The van der Waals surface area contributed by atoms with E-state index in [2.05, 4.69) is 26.2 Å². The van der Waals surface area contributed by atoms with Gasteiger partial charge in [-0.1, -0.05) is 30.3 Å². The fraction of sp³-hybridized carbons (Fsp3) is 0.333. The van der Waals surface area contributed by atoms with Gasteiger partial charge in [0.15, 0.2) is 11.1 Å². The maximum atomic E-state index is 11.2. The predicted molar refractivity (Wildman–Crippen MR) is 70.5 cm³/mol. The molecule has 0 fully saturated rings. The first kappa shape index (κ1) is 12.8. The molecule has 2 aromatic rings. The topological polar surface area (TPSA) is 70.1 Å². The third kappa shape index (κ3) is 3.41. The lowest BCUT2D eigenvalue weighted by Gasteiger charge is -2.03. The minimum atomic E-state index is -1.54. The van der Waals surface area contributed by atoms with Gasteiger partial charge in [-0.3, -0.25) is 0 Å². The zero-order valence-electron chi connectivity index (χ0n) is 10.1. The summed E-state index contributed by atoms with van der Waals surface area (Å²) in [5, 5.41) is 3.10. The van der Waals surface area contributed by atoms with Gasteiger partial charge in [-0.05, 0) is 18.9 Å². The standard InChI is InChI=1S/C12H15N3O2S/c1-2-17-12-11(14-18(16)15-12)13-9-8-10-6-4-3-5-7-10/h3-7H,2,8-9H2,1H3,(H,13,14). The number of anilines is 1. The number of benzene rings is 1. The fourth-order valence-electron chi connectivity index (χ4n) is 1.56. The maximum absolute atomic E-state index is 11.2. The first-order valence-electron chi connectivity index (χ1n) is 5.80. The highest BCUT2D eigenvalue weighted by atomic mass is 32.2. The summed E-state index contributed by atoms with van der Waals surface area (Å²) < 4.78 is 24.1. The molecular formula is C12H15N3O2S. The molecule has 1 aromatic carbocycles. The number of nitrogens with one attached hydrogen (secondary N) is 1. The van der Waals surface area contributed by atoms with Crippen molar-refractivity contribution in [3.05, 3.63) is 35.9 Å². The SMILES string of the molecule is CCOc1n[s+]([O-])nc1NCCc1ccccc1. The van der Waals surface area contributed by atoms with Crippen LogP contribution in [0.15, 0.2) is 30.3 Å². The second kappa shape index (κ2) is 6.32. The van der Waals surface area contributed by atoms with E-state index in [0.29, 0.717) is 24.8 Å². The van der Waals surface area contributed by atoms with E-state index in [1.165, 1.54) is 5.56 Å². The average molecular weight is 265 g/mol. The van der Waals surface area contributed by atoms with Crippen LogP contribution < -0.4 is 10.1 Å². The molecule has 0 aliphatic heterocycles. The van der Waals surface area contributed by atoms with Crippen molar-refractivity contribution < 1.29 is 9.29 Å². The first-order chi connectivity index (χ1) is 8.79. The molecule has 0 aliphatic rings. The quantitative estimate of drug-likeness (QED) is 0.811. The van der Waals surface area contributed by atoms with E-state index in [1.807, 2.05) is 25.1 Å². The third-order valence-corrected chi connectivity index (χ3v) is 3.02. The van der Waals surface area contributed by atoms with Crippen molar-refractivity contribution in [1.29, 1.82) is 0 Å². The van der Waals surface area contributed by atoms with Crippen LogP contribution in [0, 0.1) is 0 Å². The Kier molecular flexibility index (Phi) is 4.49. The number of hydrogen-bond acceptors (Lipinski definition) is 5. The van der Waals surface area contributed by atoms with Gasteiger partial charge in [0.2, 0.25) is 0 Å². The van der Waals surface area contributed by atoms with Crippen molar-refractivity contribution in [2.75, 3.05) is 18.5 Å². The second-order valence-corrected chi connectivity index (χ2v) is 4.49. The zero-order valence-corrected chi connectivity index (χ0v) is 10.9. The summed E-state index contributed by atoms with van der Waals surface area (Å²) in [7, 11) is 0. The zero-order chi connectivity index (χ0) is 12.8. The highest BCUT2D eigenvalue weighted by molar-refractivity contribution is 7.14. The largest absolute Gasteiger partial charge is 0.546 e. The van der Waals surface area contributed by atoms with Crippen LogP contribution in [0.25, 0.3) is 0 Å². The van der Waals surface area contributed by atoms with E-state index >= 15 is 0 Å². The van der Waals surface area contributed by atoms with Crippen molar-refractivity contribution >= 4 is 17.0 Å². The van der Waals surface area contributed by atoms with Crippen LogP contribution >= 0.6 is 11.1 Å². The van der Waals surface area contributed by atoms with E-state index in [0.717, 1.165) is 6.42 Å². The molecule has 0 amide bonds. The monoisotopic (exact) mass is 265 g/mol. The number of aromatic nitrogens is 2. The van der Waals surface area contributed by atoms with Crippen molar-refractivity contribution in [3.8, 4) is 5.88 Å². The van der Waals surface area contributed by atoms with Crippen LogP contribution in [0.5, 0.6) is 5.88 Å². The lowest BCUT2D eigenvalue weighted by molar-refractivity contribution is 0.331. The van der Waals surface area contributed by atoms with Crippen molar-refractivity contribution in [1.82, 2.24) is 8.75 Å². The fourth-order valence-corrected chi connectivity index (χ4v) is 2.18. The predicted octanol–water partition coefficient (Wildman–Crippen LogP) is 2.26. The molecule has 0 bridgehead atoms. The van der Waals surface area contributed by atoms with Gasteiger partial charge in [-0.15, -0.1) is 0 Å². The number of hydrogen-bond donors (Lipinski definition) is 1. The molecule has 0 spiro atoms.